The topological polar surface area (TPSA) is 79.9 Å². The summed E-state index contributed by atoms with van der Waals surface area (Å²) < 4.78 is 7.22. The van der Waals surface area contributed by atoms with Crippen LogP contribution in [0.3, 0.4) is 0 Å². The number of thioether (sulfide) groups is 1. The molecular formula is C21H20N4O3S2. The van der Waals surface area contributed by atoms with Crippen molar-refractivity contribution in [2.24, 2.45) is 5.92 Å². The van der Waals surface area contributed by atoms with Crippen LogP contribution < -0.4 is 10.9 Å². The van der Waals surface area contributed by atoms with Gasteiger partial charge in [-0.05, 0) is 36.3 Å². The molecule has 0 atom stereocenters. The fraction of sp³-hybridized carbons (Fsp3) is 0.238. The molecule has 3 aromatic heterocycles. The molecule has 1 aliphatic rings. The van der Waals surface area contributed by atoms with Crippen LogP contribution in [0.1, 0.15) is 25.2 Å². The van der Waals surface area contributed by atoms with Gasteiger partial charge in [0.2, 0.25) is 0 Å². The minimum Gasteiger partial charge on any atom is -0.467 e. The maximum atomic E-state index is 13.2. The van der Waals surface area contributed by atoms with E-state index >= 15 is 0 Å². The Morgan fingerprint density at radius 3 is 2.83 bits per heavy atom. The van der Waals surface area contributed by atoms with Crippen LogP contribution in [0.4, 0.5) is 5.82 Å². The van der Waals surface area contributed by atoms with Crippen molar-refractivity contribution in [3.63, 3.8) is 0 Å². The van der Waals surface area contributed by atoms with Gasteiger partial charge in [-0.2, -0.15) is 0 Å². The van der Waals surface area contributed by atoms with Crippen molar-refractivity contribution in [1.82, 2.24) is 14.3 Å². The van der Waals surface area contributed by atoms with E-state index in [0.717, 1.165) is 0 Å². The predicted molar refractivity (Wildman–Crippen MR) is 122 cm³/mol. The summed E-state index contributed by atoms with van der Waals surface area (Å²) in [5.41, 5.74) is 0.622. The lowest BCUT2D eigenvalue weighted by Gasteiger charge is -2.13. The van der Waals surface area contributed by atoms with Gasteiger partial charge in [-0.3, -0.25) is 18.9 Å². The highest BCUT2D eigenvalue weighted by Crippen LogP contribution is 2.34. The van der Waals surface area contributed by atoms with E-state index in [9.17, 15) is 9.59 Å². The molecule has 1 saturated heterocycles. The number of thiocarbonyl (C=S) groups is 1. The molecule has 0 aromatic carbocycles. The molecule has 0 aliphatic carbocycles. The average Bonchev–Trinajstić information content (AvgIpc) is 3.33. The lowest BCUT2D eigenvalue weighted by molar-refractivity contribution is -0.122. The second-order valence-electron chi connectivity index (χ2n) is 7.23. The maximum Gasteiger partial charge on any atom is 0.267 e. The normalized spacial score (nSPS) is 15.7. The van der Waals surface area contributed by atoms with Crippen LogP contribution in [0.2, 0.25) is 0 Å². The zero-order chi connectivity index (χ0) is 21.3. The molecule has 0 spiro atoms. The molecule has 0 unspecified atom stereocenters. The van der Waals surface area contributed by atoms with Crippen molar-refractivity contribution in [1.29, 1.82) is 0 Å². The summed E-state index contributed by atoms with van der Waals surface area (Å²) >= 11 is 6.55. The van der Waals surface area contributed by atoms with Crippen LogP contribution in [0.15, 0.2) is 56.9 Å². The number of hydrogen-bond acceptors (Lipinski definition) is 7. The number of furan rings is 1. The molecule has 0 radical (unpaired) electrons. The van der Waals surface area contributed by atoms with E-state index in [2.05, 4.69) is 24.1 Å². The summed E-state index contributed by atoms with van der Waals surface area (Å²) in [5.74, 6) is 1.20. The third-order valence-corrected chi connectivity index (χ3v) is 5.87. The van der Waals surface area contributed by atoms with Crippen LogP contribution in [0.25, 0.3) is 11.7 Å². The number of hydrogen-bond donors (Lipinski definition) is 1. The van der Waals surface area contributed by atoms with Crippen molar-refractivity contribution in [2.45, 2.75) is 20.4 Å². The first-order valence-corrected chi connectivity index (χ1v) is 10.7. The third kappa shape index (κ3) is 4.03. The fourth-order valence-corrected chi connectivity index (χ4v) is 4.23. The molecule has 7 nitrogen and oxygen atoms in total. The van der Waals surface area contributed by atoms with Crippen molar-refractivity contribution in [3.8, 4) is 0 Å². The standard InChI is InChI=1S/C21H20N4O3S2/c1-13(2)11-22-18-15(19(26)24-8-4-3-7-17(24)23-18)10-16-20(27)25(21(29)30-16)12-14-6-5-9-28-14/h3-10,13,22H,11-12H2,1-2H3. The van der Waals surface area contributed by atoms with E-state index in [0.29, 0.717) is 44.5 Å². The third-order valence-electron chi connectivity index (χ3n) is 4.49. The fourth-order valence-electron chi connectivity index (χ4n) is 2.99. The van der Waals surface area contributed by atoms with E-state index < -0.39 is 0 Å². The maximum absolute atomic E-state index is 13.2. The van der Waals surface area contributed by atoms with Gasteiger partial charge in [0.25, 0.3) is 11.5 Å². The molecule has 154 valence electrons. The molecule has 1 N–H and O–H groups in total. The SMILES string of the molecule is CC(C)CNc1nc2ccccn2c(=O)c1C=C1SC(=S)N(Cc2ccco2)C1=O. The van der Waals surface area contributed by atoms with Crippen molar-refractivity contribution in [2.75, 3.05) is 11.9 Å². The van der Waals surface area contributed by atoms with Gasteiger partial charge >= 0.3 is 0 Å². The van der Waals surface area contributed by atoms with Gasteiger partial charge in [-0.25, -0.2) is 4.98 Å². The van der Waals surface area contributed by atoms with E-state index in [1.807, 2.05) is 6.07 Å². The van der Waals surface area contributed by atoms with Gasteiger partial charge in [0.15, 0.2) is 0 Å². The largest absolute Gasteiger partial charge is 0.467 e. The number of rotatable bonds is 6. The monoisotopic (exact) mass is 440 g/mol. The molecule has 0 bridgehead atoms. The number of aromatic nitrogens is 2. The average molecular weight is 441 g/mol. The Labute approximate surface area is 182 Å². The molecule has 0 saturated carbocycles. The minimum absolute atomic E-state index is 0.247. The smallest absolute Gasteiger partial charge is 0.267 e. The Morgan fingerprint density at radius 2 is 2.10 bits per heavy atom. The highest BCUT2D eigenvalue weighted by atomic mass is 32.2. The number of nitrogens with one attached hydrogen (secondary N) is 1. The first-order chi connectivity index (χ1) is 14.4. The van der Waals surface area contributed by atoms with Crippen molar-refractivity contribution in [3.05, 3.63) is 69.4 Å². The summed E-state index contributed by atoms with van der Waals surface area (Å²) in [5, 5.41) is 3.24. The van der Waals surface area contributed by atoms with Crippen LogP contribution in [0, 0.1) is 5.92 Å². The summed E-state index contributed by atoms with van der Waals surface area (Å²) in [4.78, 5) is 32.6. The molecule has 1 amide bonds. The number of nitrogens with zero attached hydrogens (tertiary/aromatic N) is 3. The van der Waals surface area contributed by atoms with Crippen molar-refractivity contribution >= 4 is 51.7 Å². The van der Waals surface area contributed by atoms with Crippen LogP contribution in [0.5, 0.6) is 0 Å². The summed E-state index contributed by atoms with van der Waals surface area (Å²) in [7, 11) is 0. The molecule has 4 heterocycles. The highest BCUT2D eigenvalue weighted by molar-refractivity contribution is 8.26. The van der Waals surface area contributed by atoms with Crippen LogP contribution in [-0.4, -0.2) is 31.1 Å². The molecule has 4 rings (SSSR count). The van der Waals surface area contributed by atoms with Crippen molar-refractivity contribution < 1.29 is 9.21 Å². The molecule has 3 aromatic rings. The summed E-state index contributed by atoms with van der Waals surface area (Å²) in [6.45, 7) is 5.04. The lowest BCUT2D eigenvalue weighted by Crippen LogP contribution is -2.27. The Morgan fingerprint density at radius 1 is 1.27 bits per heavy atom. The van der Waals surface area contributed by atoms with E-state index in [1.54, 1.807) is 42.8 Å². The van der Waals surface area contributed by atoms with Gasteiger partial charge in [-0.15, -0.1) is 0 Å². The number of carbonyl (C=O) groups is 1. The molecule has 1 aliphatic heterocycles. The lowest BCUT2D eigenvalue weighted by atomic mass is 10.2. The first kappa shape index (κ1) is 20.4. The summed E-state index contributed by atoms with van der Waals surface area (Å²) in [6, 6.07) is 8.92. The number of carbonyl (C=O) groups excluding carboxylic acids is 1. The van der Waals surface area contributed by atoms with E-state index in [1.165, 1.54) is 21.1 Å². The molecular weight excluding hydrogens is 420 g/mol. The highest BCUT2D eigenvalue weighted by Gasteiger charge is 2.33. The quantitative estimate of drug-likeness (QED) is 0.462. The first-order valence-electron chi connectivity index (χ1n) is 9.47. The zero-order valence-electron chi connectivity index (χ0n) is 16.5. The van der Waals surface area contributed by atoms with Crippen LogP contribution >= 0.6 is 24.0 Å². The predicted octanol–water partition coefficient (Wildman–Crippen LogP) is 3.76. The molecule has 30 heavy (non-hydrogen) atoms. The van der Waals surface area contributed by atoms with Gasteiger partial charge < -0.3 is 9.73 Å². The zero-order valence-corrected chi connectivity index (χ0v) is 18.1. The Balaban J connectivity index is 1.74. The summed E-state index contributed by atoms with van der Waals surface area (Å²) in [6.07, 6.45) is 4.80. The second-order valence-corrected chi connectivity index (χ2v) is 8.91. The number of fused-ring (bicyclic) bond motifs is 1. The Kier molecular flexibility index (Phi) is 5.74. The number of anilines is 1. The van der Waals surface area contributed by atoms with Gasteiger partial charge in [0.05, 0.1) is 23.3 Å². The number of pyridine rings is 1. The van der Waals surface area contributed by atoms with Gasteiger partial charge in [-0.1, -0.05) is 43.9 Å². The Bertz CT molecular complexity index is 1200. The van der Waals surface area contributed by atoms with Gasteiger partial charge in [0.1, 0.15) is 21.5 Å². The Hall–Kier alpha value is -2.91. The van der Waals surface area contributed by atoms with E-state index in [4.69, 9.17) is 16.6 Å². The van der Waals surface area contributed by atoms with E-state index in [-0.39, 0.29) is 18.0 Å². The van der Waals surface area contributed by atoms with Gasteiger partial charge in [0, 0.05) is 12.7 Å². The molecule has 9 heteroatoms. The van der Waals surface area contributed by atoms with Crippen LogP contribution in [-0.2, 0) is 11.3 Å². The molecule has 1 fully saturated rings. The number of amides is 1. The second kappa shape index (κ2) is 8.45. The minimum atomic E-state index is -0.256.